The van der Waals surface area contributed by atoms with Crippen molar-refractivity contribution in [3.05, 3.63) is 34.1 Å². The van der Waals surface area contributed by atoms with Crippen LogP contribution in [0.1, 0.15) is 23.2 Å². The molecule has 1 saturated heterocycles. The van der Waals surface area contributed by atoms with E-state index in [1.165, 1.54) is 18.2 Å². The van der Waals surface area contributed by atoms with E-state index < -0.39 is 15.8 Å². The topological polar surface area (TPSA) is 66.5 Å². The molecule has 1 aromatic carbocycles. The highest BCUT2D eigenvalue weighted by molar-refractivity contribution is 9.10. The van der Waals surface area contributed by atoms with Crippen molar-refractivity contribution in [2.75, 3.05) is 19.3 Å². The van der Waals surface area contributed by atoms with Gasteiger partial charge in [0.15, 0.2) is 0 Å². The molecule has 8 heteroatoms. The minimum atomic E-state index is -3.24. The zero-order valence-corrected chi connectivity index (χ0v) is 13.9. The lowest BCUT2D eigenvalue weighted by Gasteiger charge is -2.32. The maximum absolute atomic E-state index is 13.3. The number of hydrogen-bond acceptors (Lipinski definition) is 3. The number of hydrogen-bond donors (Lipinski definition) is 1. The van der Waals surface area contributed by atoms with Gasteiger partial charge >= 0.3 is 0 Å². The molecule has 1 aliphatic rings. The fraction of sp³-hybridized carbons (Fsp3) is 0.462. The molecule has 0 bridgehead atoms. The predicted molar refractivity (Wildman–Crippen MR) is 81.0 cm³/mol. The summed E-state index contributed by atoms with van der Waals surface area (Å²) in [6.07, 6.45) is 2.21. The van der Waals surface area contributed by atoms with Gasteiger partial charge in [-0.3, -0.25) is 4.79 Å². The Morgan fingerprint density at radius 1 is 1.38 bits per heavy atom. The summed E-state index contributed by atoms with van der Waals surface area (Å²) in [5, 5.41) is 0. The molecule has 0 radical (unpaired) electrons. The van der Waals surface area contributed by atoms with Gasteiger partial charge in [0.2, 0.25) is 10.0 Å². The van der Waals surface area contributed by atoms with E-state index in [1.807, 2.05) is 0 Å². The normalized spacial score (nSPS) is 17.0. The summed E-state index contributed by atoms with van der Waals surface area (Å²) in [5.41, 5.74) is 0.282. The van der Waals surface area contributed by atoms with E-state index in [0.29, 0.717) is 30.4 Å². The van der Waals surface area contributed by atoms with Gasteiger partial charge in [-0.1, -0.05) is 0 Å². The highest BCUT2D eigenvalue weighted by atomic mass is 79.9. The summed E-state index contributed by atoms with van der Waals surface area (Å²) in [6, 6.07) is 3.83. The molecule has 5 nitrogen and oxygen atoms in total. The molecule has 1 N–H and O–H groups in total. The average molecular weight is 379 g/mol. The summed E-state index contributed by atoms with van der Waals surface area (Å²) in [6.45, 7) is 0.879. The van der Waals surface area contributed by atoms with Crippen LogP contribution in [0.4, 0.5) is 4.39 Å². The van der Waals surface area contributed by atoms with Crippen molar-refractivity contribution >= 4 is 31.9 Å². The number of sulfonamides is 1. The minimum absolute atomic E-state index is 0.153. The molecule has 1 fully saturated rings. The summed E-state index contributed by atoms with van der Waals surface area (Å²) >= 11 is 3.24. The van der Waals surface area contributed by atoms with Gasteiger partial charge in [0.1, 0.15) is 5.82 Å². The van der Waals surface area contributed by atoms with Crippen LogP contribution < -0.4 is 4.72 Å². The second-order valence-corrected chi connectivity index (χ2v) is 7.72. The first-order valence-corrected chi connectivity index (χ1v) is 9.16. The highest BCUT2D eigenvalue weighted by Gasteiger charge is 2.26. The molecule has 2 rings (SSSR count). The zero-order valence-electron chi connectivity index (χ0n) is 11.5. The quantitative estimate of drug-likeness (QED) is 0.870. The second kappa shape index (κ2) is 6.41. The Hall–Kier alpha value is -0.990. The summed E-state index contributed by atoms with van der Waals surface area (Å²) in [4.78, 5) is 14.0. The van der Waals surface area contributed by atoms with Crippen LogP contribution in [0.2, 0.25) is 0 Å². The first-order valence-electron chi connectivity index (χ1n) is 6.48. The van der Waals surface area contributed by atoms with Gasteiger partial charge in [-0.05, 0) is 47.0 Å². The molecule has 0 atom stereocenters. The Labute approximate surface area is 131 Å². The van der Waals surface area contributed by atoms with Crippen LogP contribution in [-0.2, 0) is 10.0 Å². The molecule has 1 heterocycles. The molecular weight excluding hydrogens is 363 g/mol. The maximum atomic E-state index is 13.3. The summed E-state index contributed by atoms with van der Waals surface area (Å²) in [7, 11) is -3.24. The summed E-state index contributed by atoms with van der Waals surface area (Å²) in [5.74, 6) is -0.714. The van der Waals surface area contributed by atoms with E-state index in [1.54, 1.807) is 4.90 Å². The number of benzene rings is 1. The Balaban J connectivity index is 2.02. The number of piperidine rings is 1. The lowest BCUT2D eigenvalue weighted by atomic mass is 10.0. The van der Waals surface area contributed by atoms with Gasteiger partial charge in [0.25, 0.3) is 5.91 Å². The van der Waals surface area contributed by atoms with Crippen molar-refractivity contribution < 1.29 is 17.6 Å². The molecule has 1 aliphatic heterocycles. The van der Waals surface area contributed by atoms with E-state index in [9.17, 15) is 17.6 Å². The van der Waals surface area contributed by atoms with Gasteiger partial charge in [0, 0.05) is 23.6 Å². The zero-order chi connectivity index (χ0) is 15.6. The van der Waals surface area contributed by atoms with Crippen LogP contribution in [0.3, 0.4) is 0 Å². The van der Waals surface area contributed by atoms with Crippen LogP contribution >= 0.6 is 15.9 Å². The molecule has 1 aromatic rings. The largest absolute Gasteiger partial charge is 0.338 e. The second-order valence-electron chi connectivity index (χ2n) is 5.08. The fourth-order valence-corrected chi connectivity index (χ4v) is 3.59. The Bertz CT molecular complexity index is 643. The third-order valence-corrected chi connectivity index (χ3v) is 4.77. The number of likely N-dealkylation sites (tertiary alicyclic amines) is 1. The van der Waals surface area contributed by atoms with Crippen molar-refractivity contribution in [3.8, 4) is 0 Å². The number of amides is 1. The Kier molecular flexibility index (Phi) is 5.00. The van der Waals surface area contributed by atoms with Gasteiger partial charge < -0.3 is 4.90 Å². The highest BCUT2D eigenvalue weighted by Crippen LogP contribution is 2.21. The van der Waals surface area contributed by atoms with E-state index in [-0.39, 0.29) is 17.5 Å². The first kappa shape index (κ1) is 16.4. The van der Waals surface area contributed by atoms with Gasteiger partial charge in [-0.15, -0.1) is 0 Å². The number of halogens is 2. The van der Waals surface area contributed by atoms with Crippen molar-refractivity contribution in [3.63, 3.8) is 0 Å². The first-order chi connectivity index (χ1) is 9.76. The van der Waals surface area contributed by atoms with Crippen molar-refractivity contribution in [2.45, 2.75) is 18.9 Å². The van der Waals surface area contributed by atoms with Crippen LogP contribution in [0.15, 0.2) is 22.7 Å². The molecule has 0 saturated carbocycles. The lowest BCUT2D eigenvalue weighted by molar-refractivity contribution is 0.0710. The van der Waals surface area contributed by atoms with E-state index >= 15 is 0 Å². The molecule has 21 heavy (non-hydrogen) atoms. The molecule has 116 valence electrons. The van der Waals surface area contributed by atoms with Crippen LogP contribution in [0, 0.1) is 5.82 Å². The van der Waals surface area contributed by atoms with Crippen LogP contribution in [-0.4, -0.2) is 44.6 Å². The van der Waals surface area contributed by atoms with Crippen molar-refractivity contribution in [2.24, 2.45) is 0 Å². The average Bonchev–Trinajstić information content (AvgIpc) is 2.40. The van der Waals surface area contributed by atoms with E-state index in [4.69, 9.17) is 0 Å². The maximum Gasteiger partial charge on any atom is 0.255 e. The van der Waals surface area contributed by atoms with E-state index in [2.05, 4.69) is 20.7 Å². The van der Waals surface area contributed by atoms with Crippen LogP contribution in [0.25, 0.3) is 0 Å². The SMILES string of the molecule is CS(=O)(=O)NC1CCN(C(=O)c2cc(F)ccc2Br)CC1. The van der Waals surface area contributed by atoms with Gasteiger partial charge in [-0.2, -0.15) is 0 Å². The number of carbonyl (C=O) groups is 1. The predicted octanol–water partition coefficient (Wildman–Crippen LogP) is 1.74. The number of rotatable bonds is 3. The van der Waals surface area contributed by atoms with Gasteiger partial charge in [-0.25, -0.2) is 17.5 Å². The number of nitrogens with one attached hydrogen (secondary N) is 1. The smallest absolute Gasteiger partial charge is 0.255 e. The monoisotopic (exact) mass is 378 g/mol. The number of nitrogens with zero attached hydrogens (tertiary/aromatic N) is 1. The number of carbonyl (C=O) groups excluding carboxylic acids is 1. The standard InChI is InChI=1S/C13H16BrFN2O3S/c1-21(19,20)16-10-4-6-17(7-5-10)13(18)11-8-9(15)2-3-12(11)14/h2-3,8,10,16H,4-7H2,1H3. The molecule has 0 aliphatic carbocycles. The Morgan fingerprint density at radius 2 is 2.00 bits per heavy atom. The molecular formula is C13H16BrFN2O3S. The van der Waals surface area contributed by atoms with Crippen molar-refractivity contribution in [1.29, 1.82) is 0 Å². The molecule has 1 amide bonds. The Morgan fingerprint density at radius 3 is 2.57 bits per heavy atom. The third kappa shape index (κ3) is 4.49. The molecule has 0 spiro atoms. The lowest BCUT2D eigenvalue weighted by Crippen LogP contribution is -2.46. The van der Waals surface area contributed by atoms with Crippen molar-refractivity contribution in [1.82, 2.24) is 9.62 Å². The molecule has 0 unspecified atom stereocenters. The van der Waals surface area contributed by atoms with E-state index in [0.717, 1.165) is 6.26 Å². The fourth-order valence-electron chi connectivity index (χ4n) is 2.33. The van der Waals surface area contributed by atoms with Crippen LogP contribution in [0.5, 0.6) is 0 Å². The van der Waals surface area contributed by atoms with Gasteiger partial charge in [0.05, 0.1) is 11.8 Å². The third-order valence-electron chi connectivity index (χ3n) is 3.32. The summed E-state index contributed by atoms with van der Waals surface area (Å²) < 4.78 is 38.7. The molecule has 0 aromatic heterocycles. The minimum Gasteiger partial charge on any atom is -0.338 e.